The SMILES string of the molecule is Cc1ccc(C(C)NS(=O)(=O)c2c(C)csc2CO)o1. The summed E-state index contributed by atoms with van der Waals surface area (Å²) in [6.45, 7) is 4.95. The zero-order chi connectivity index (χ0) is 14.9. The van der Waals surface area contributed by atoms with Crippen LogP contribution in [0.3, 0.4) is 0 Å². The number of thiophene rings is 1. The molecule has 0 radical (unpaired) electrons. The van der Waals surface area contributed by atoms with Crippen LogP contribution in [0.4, 0.5) is 0 Å². The molecule has 0 aromatic carbocycles. The Morgan fingerprint density at radius 1 is 1.40 bits per heavy atom. The molecule has 2 aromatic rings. The first kappa shape index (κ1) is 15.2. The molecule has 2 aromatic heterocycles. The van der Waals surface area contributed by atoms with Crippen LogP contribution in [0.25, 0.3) is 0 Å². The molecule has 0 saturated heterocycles. The summed E-state index contributed by atoms with van der Waals surface area (Å²) in [5.41, 5.74) is 0.634. The predicted molar refractivity (Wildman–Crippen MR) is 77.2 cm³/mol. The summed E-state index contributed by atoms with van der Waals surface area (Å²) in [5, 5.41) is 11.0. The third-order valence-electron chi connectivity index (χ3n) is 2.92. The number of rotatable bonds is 5. The van der Waals surface area contributed by atoms with Crippen LogP contribution in [0.15, 0.2) is 26.8 Å². The van der Waals surface area contributed by atoms with Gasteiger partial charge in [-0.15, -0.1) is 11.3 Å². The van der Waals surface area contributed by atoms with Gasteiger partial charge < -0.3 is 9.52 Å². The van der Waals surface area contributed by atoms with Gasteiger partial charge in [0.15, 0.2) is 0 Å². The Labute approximate surface area is 122 Å². The number of sulfonamides is 1. The van der Waals surface area contributed by atoms with Crippen molar-refractivity contribution in [3.63, 3.8) is 0 Å². The summed E-state index contributed by atoms with van der Waals surface area (Å²) in [4.78, 5) is 0.609. The second kappa shape index (κ2) is 5.69. The standard InChI is InChI=1S/C13H17NO4S2/c1-8-7-19-12(6-15)13(8)20(16,17)14-10(3)11-5-4-9(2)18-11/h4-5,7,10,14-15H,6H2,1-3H3. The number of aliphatic hydroxyl groups excluding tert-OH is 1. The van der Waals surface area contributed by atoms with Gasteiger partial charge in [-0.3, -0.25) is 0 Å². The predicted octanol–water partition coefficient (Wildman–Crippen LogP) is 2.49. The zero-order valence-electron chi connectivity index (χ0n) is 11.5. The zero-order valence-corrected chi connectivity index (χ0v) is 13.1. The second-order valence-corrected chi connectivity index (χ2v) is 7.24. The monoisotopic (exact) mass is 315 g/mol. The van der Waals surface area contributed by atoms with Gasteiger partial charge in [-0.05, 0) is 43.8 Å². The number of furan rings is 1. The van der Waals surface area contributed by atoms with Crippen LogP contribution in [-0.2, 0) is 16.6 Å². The van der Waals surface area contributed by atoms with Crippen molar-refractivity contribution in [3.05, 3.63) is 39.5 Å². The molecule has 0 saturated carbocycles. The van der Waals surface area contributed by atoms with E-state index in [9.17, 15) is 13.5 Å². The van der Waals surface area contributed by atoms with Crippen LogP contribution in [0.5, 0.6) is 0 Å². The van der Waals surface area contributed by atoms with Gasteiger partial charge in [-0.25, -0.2) is 13.1 Å². The van der Waals surface area contributed by atoms with Crippen LogP contribution < -0.4 is 4.72 Å². The summed E-state index contributed by atoms with van der Waals surface area (Å²) in [6, 6.07) is 3.06. The van der Waals surface area contributed by atoms with Crippen LogP contribution in [-0.4, -0.2) is 13.5 Å². The van der Waals surface area contributed by atoms with Gasteiger partial charge in [0.25, 0.3) is 0 Å². The minimum Gasteiger partial charge on any atom is -0.465 e. The summed E-state index contributed by atoms with van der Waals surface area (Å²) < 4.78 is 32.9. The highest BCUT2D eigenvalue weighted by Crippen LogP contribution is 2.28. The number of hydrogen-bond donors (Lipinski definition) is 2. The number of hydrogen-bond acceptors (Lipinski definition) is 5. The Morgan fingerprint density at radius 3 is 2.65 bits per heavy atom. The van der Waals surface area contributed by atoms with E-state index in [0.29, 0.717) is 16.2 Å². The maximum Gasteiger partial charge on any atom is 0.242 e. The smallest absolute Gasteiger partial charge is 0.242 e. The number of aryl methyl sites for hydroxylation is 2. The number of aliphatic hydroxyl groups is 1. The molecule has 0 fully saturated rings. The minimum atomic E-state index is -3.69. The van der Waals surface area contributed by atoms with Gasteiger partial charge in [-0.2, -0.15) is 0 Å². The molecule has 2 heterocycles. The van der Waals surface area contributed by atoms with E-state index in [1.807, 2.05) is 0 Å². The van der Waals surface area contributed by atoms with E-state index >= 15 is 0 Å². The molecule has 0 aliphatic heterocycles. The third-order valence-corrected chi connectivity index (χ3v) is 5.91. The van der Waals surface area contributed by atoms with E-state index in [0.717, 1.165) is 5.76 Å². The largest absolute Gasteiger partial charge is 0.465 e. The fourth-order valence-corrected chi connectivity index (χ4v) is 4.87. The van der Waals surface area contributed by atoms with Gasteiger partial charge in [0, 0.05) is 0 Å². The first-order valence-corrected chi connectivity index (χ1v) is 8.48. The maximum absolute atomic E-state index is 12.4. The quantitative estimate of drug-likeness (QED) is 0.888. The molecule has 0 bridgehead atoms. The maximum atomic E-state index is 12.4. The van der Waals surface area contributed by atoms with E-state index in [4.69, 9.17) is 4.42 Å². The van der Waals surface area contributed by atoms with Crippen molar-refractivity contribution >= 4 is 21.4 Å². The molecule has 0 aliphatic carbocycles. The average molecular weight is 315 g/mol. The normalized spacial score (nSPS) is 13.6. The van der Waals surface area contributed by atoms with Gasteiger partial charge >= 0.3 is 0 Å². The Hall–Kier alpha value is -1.15. The van der Waals surface area contributed by atoms with Crippen molar-refractivity contribution < 1.29 is 17.9 Å². The fourth-order valence-electron chi connectivity index (χ4n) is 1.99. The molecule has 1 unspecified atom stereocenters. The van der Waals surface area contributed by atoms with E-state index in [2.05, 4.69) is 4.72 Å². The molecule has 0 aliphatic rings. The lowest BCUT2D eigenvalue weighted by molar-refractivity contribution is 0.282. The van der Waals surface area contributed by atoms with E-state index < -0.39 is 16.1 Å². The molecule has 110 valence electrons. The third kappa shape index (κ3) is 2.95. The molecule has 2 rings (SSSR count). The molecular weight excluding hydrogens is 298 g/mol. The lowest BCUT2D eigenvalue weighted by atomic mass is 10.3. The average Bonchev–Trinajstić information content (AvgIpc) is 2.94. The highest BCUT2D eigenvalue weighted by molar-refractivity contribution is 7.89. The highest BCUT2D eigenvalue weighted by atomic mass is 32.2. The van der Waals surface area contributed by atoms with Crippen LogP contribution in [0.2, 0.25) is 0 Å². The topological polar surface area (TPSA) is 79.5 Å². The van der Waals surface area contributed by atoms with Crippen molar-refractivity contribution in [2.24, 2.45) is 0 Å². The summed E-state index contributed by atoms with van der Waals surface area (Å²) in [7, 11) is -3.69. The van der Waals surface area contributed by atoms with Gasteiger partial charge in [-0.1, -0.05) is 0 Å². The van der Waals surface area contributed by atoms with Crippen LogP contribution >= 0.6 is 11.3 Å². The molecular formula is C13H17NO4S2. The molecule has 20 heavy (non-hydrogen) atoms. The summed E-state index contributed by atoms with van der Waals surface area (Å²) in [5.74, 6) is 1.29. The van der Waals surface area contributed by atoms with Gasteiger partial charge in [0.05, 0.1) is 17.5 Å². The lowest BCUT2D eigenvalue weighted by Gasteiger charge is -2.13. The lowest BCUT2D eigenvalue weighted by Crippen LogP contribution is -2.27. The van der Waals surface area contributed by atoms with Crippen molar-refractivity contribution in [2.45, 2.75) is 38.3 Å². The van der Waals surface area contributed by atoms with Crippen molar-refractivity contribution in [2.75, 3.05) is 0 Å². The highest BCUT2D eigenvalue weighted by Gasteiger charge is 2.25. The van der Waals surface area contributed by atoms with E-state index in [-0.39, 0.29) is 11.5 Å². The Morgan fingerprint density at radius 2 is 2.10 bits per heavy atom. The second-order valence-electron chi connectivity index (χ2n) is 4.62. The van der Waals surface area contributed by atoms with Gasteiger partial charge in [0.2, 0.25) is 10.0 Å². The summed E-state index contributed by atoms with van der Waals surface area (Å²) in [6.07, 6.45) is 0. The van der Waals surface area contributed by atoms with Crippen molar-refractivity contribution in [1.82, 2.24) is 4.72 Å². The molecule has 1 atom stereocenters. The molecule has 5 nitrogen and oxygen atoms in total. The van der Waals surface area contributed by atoms with Crippen molar-refractivity contribution in [3.8, 4) is 0 Å². The number of nitrogens with one attached hydrogen (secondary N) is 1. The minimum absolute atomic E-state index is 0.167. The van der Waals surface area contributed by atoms with Crippen LogP contribution in [0.1, 0.15) is 34.9 Å². The van der Waals surface area contributed by atoms with Gasteiger partial charge in [0.1, 0.15) is 16.4 Å². The Bertz CT molecular complexity index is 700. The molecule has 2 N–H and O–H groups in total. The fraction of sp³-hybridized carbons (Fsp3) is 0.385. The molecule has 0 amide bonds. The van der Waals surface area contributed by atoms with Crippen molar-refractivity contribution in [1.29, 1.82) is 0 Å². The Kier molecular flexibility index (Phi) is 4.33. The first-order chi connectivity index (χ1) is 9.35. The van der Waals surface area contributed by atoms with E-state index in [1.165, 1.54) is 11.3 Å². The first-order valence-electron chi connectivity index (χ1n) is 6.11. The molecule has 7 heteroatoms. The Balaban J connectivity index is 2.29. The molecule has 0 spiro atoms. The summed E-state index contributed by atoms with van der Waals surface area (Å²) >= 11 is 1.24. The van der Waals surface area contributed by atoms with Crippen LogP contribution in [0, 0.1) is 13.8 Å². The van der Waals surface area contributed by atoms with E-state index in [1.54, 1.807) is 38.3 Å².